The molecule has 0 radical (unpaired) electrons. The lowest BCUT2D eigenvalue weighted by Gasteiger charge is -2.32. The van der Waals surface area contributed by atoms with Gasteiger partial charge in [0.25, 0.3) is 5.91 Å². The van der Waals surface area contributed by atoms with Crippen LogP contribution in [0.25, 0.3) is 0 Å². The van der Waals surface area contributed by atoms with E-state index in [1.807, 2.05) is 17.9 Å². The molecule has 0 spiro atoms. The zero-order chi connectivity index (χ0) is 11.8. The average Bonchev–Trinajstić information content (AvgIpc) is 3.07. The van der Waals surface area contributed by atoms with Gasteiger partial charge in [0.05, 0.1) is 19.3 Å². The summed E-state index contributed by atoms with van der Waals surface area (Å²) in [4.78, 5) is 14.1. The van der Waals surface area contributed by atoms with Gasteiger partial charge in [-0.3, -0.25) is 9.89 Å². The number of H-pyrrole nitrogens is 1. The van der Waals surface area contributed by atoms with E-state index >= 15 is 0 Å². The smallest absolute Gasteiger partial charge is 0.274 e. The molecular weight excluding hydrogens is 218 g/mol. The van der Waals surface area contributed by atoms with E-state index in [4.69, 9.17) is 4.74 Å². The predicted octanol–water partition coefficient (Wildman–Crippen LogP) is 1.15. The quantitative estimate of drug-likeness (QED) is 0.836. The number of rotatable bonds is 2. The van der Waals surface area contributed by atoms with Gasteiger partial charge >= 0.3 is 0 Å². The maximum absolute atomic E-state index is 12.3. The number of morpholine rings is 1. The lowest BCUT2D eigenvalue weighted by molar-refractivity contribution is 0.00327. The van der Waals surface area contributed by atoms with Crippen molar-refractivity contribution >= 4 is 5.91 Å². The van der Waals surface area contributed by atoms with Crippen LogP contribution in [0.15, 0.2) is 6.07 Å². The SMILES string of the molecule is C[C@H]1COCCN1C(=O)c1cc(C2CC2)[nH]n1. The van der Waals surface area contributed by atoms with Crippen molar-refractivity contribution < 1.29 is 9.53 Å². The minimum absolute atomic E-state index is 0.0175. The van der Waals surface area contributed by atoms with E-state index in [-0.39, 0.29) is 11.9 Å². The summed E-state index contributed by atoms with van der Waals surface area (Å²) in [7, 11) is 0. The van der Waals surface area contributed by atoms with E-state index < -0.39 is 0 Å². The van der Waals surface area contributed by atoms with Crippen molar-refractivity contribution in [3.63, 3.8) is 0 Å². The van der Waals surface area contributed by atoms with E-state index in [0.29, 0.717) is 31.4 Å². The molecule has 2 heterocycles. The van der Waals surface area contributed by atoms with Crippen LogP contribution >= 0.6 is 0 Å². The Balaban J connectivity index is 1.75. The fourth-order valence-corrected chi connectivity index (χ4v) is 2.23. The summed E-state index contributed by atoms with van der Waals surface area (Å²) in [6.45, 7) is 3.90. The van der Waals surface area contributed by atoms with Gasteiger partial charge in [-0.2, -0.15) is 5.10 Å². The van der Waals surface area contributed by atoms with Gasteiger partial charge in [0.1, 0.15) is 5.69 Å². The highest BCUT2D eigenvalue weighted by Crippen LogP contribution is 2.39. The maximum atomic E-state index is 12.3. The van der Waals surface area contributed by atoms with Gasteiger partial charge in [0.2, 0.25) is 0 Å². The Bertz CT molecular complexity index is 425. The van der Waals surface area contributed by atoms with Crippen LogP contribution in [0.1, 0.15) is 41.9 Å². The zero-order valence-electron chi connectivity index (χ0n) is 9.98. The van der Waals surface area contributed by atoms with Crippen LogP contribution in [0.5, 0.6) is 0 Å². The highest BCUT2D eigenvalue weighted by molar-refractivity contribution is 5.92. The Labute approximate surface area is 100 Å². The molecule has 0 aromatic carbocycles. The summed E-state index contributed by atoms with van der Waals surface area (Å²) in [5.74, 6) is 0.620. The van der Waals surface area contributed by atoms with E-state index in [0.717, 1.165) is 5.69 Å². The number of aromatic nitrogens is 2. The highest BCUT2D eigenvalue weighted by atomic mass is 16.5. The standard InChI is InChI=1S/C12H17N3O2/c1-8-7-17-5-4-15(8)12(16)11-6-10(13-14-11)9-2-3-9/h6,8-9H,2-5,7H2,1H3,(H,13,14)/t8-/m0/s1. The molecule has 0 bridgehead atoms. The lowest BCUT2D eigenvalue weighted by Crippen LogP contribution is -2.47. The Morgan fingerprint density at radius 1 is 1.59 bits per heavy atom. The molecule has 1 saturated heterocycles. The minimum atomic E-state index is 0.0175. The second kappa shape index (κ2) is 4.14. The molecule has 2 fully saturated rings. The largest absolute Gasteiger partial charge is 0.377 e. The van der Waals surface area contributed by atoms with Crippen LogP contribution in [0.3, 0.4) is 0 Å². The van der Waals surface area contributed by atoms with Crippen LogP contribution in [0, 0.1) is 0 Å². The Morgan fingerprint density at radius 3 is 3.12 bits per heavy atom. The molecule has 1 amide bonds. The number of nitrogens with zero attached hydrogens (tertiary/aromatic N) is 2. The normalized spacial score (nSPS) is 25.0. The third-order valence-electron chi connectivity index (χ3n) is 3.46. The van der Waals surface area contributed by atoms with E-state index in [1.165, 1.54) is 12.8 Å². The van der Waals surface area contributed by atoms with Crippen LogP contribution < -0.4 is 0 Å². The van der Waals surface area contributed by atoms with Gasteiger partial charge in [-0.15, -0.1) is 0 Å². The first-order chi connectivity index (χ1) is 8.25. The second-order valence-corrected chi connectivity index (χ2v) is 4.91. The third-order valence-corrected chi connectivity index (χ3v) is 3.46. The van der Waals surface area contributed by atoms with E-state index in [1.54, 1.807) is 0 Å². The topological polar surface area (TPSA) is 58.2 Å². The number of ether oxygens (including phenoxy) is 1. The van der Waals surface area contributed by atoms with Crippen LogP contribution in [0.2, 0.25) is 0 Å². The fraction of sp³-hybridized carbons (Fsp3) is 0.667. The van der Waals surface area contributed by atoms with Gasteiger partial charge < -0.3 is 9.64 Å². The van der Waals surface area contributed by atoms with Crippen molar-refractivity contribution in [3.8, 4) is 0 Å². The average molecular weight is 235 g/mol. The maximum Gasteiger partial charge on any atom is 0.274 e. The molecule has 0 unspecified atom stereocenters. The number of amides is 1. The first kappa shape index (κ1) is 10.8. The molecule has 1 aliphatic heterocycles. The minimum Gasteiger partial charge on any atom is -0.377 e. The summed E-state index contributed by atoms with van der Waals surface area (Å²) < 4.78 is 5.33. The number of carbonyl (C=O) groups is 1. The fourth-order valence-electron chi connectivity index (χ4n) is 2.23. The number of aromatic amines is 1. The van der Waals surface area contributed by atoms with Gasteiger partial charge in [-0.05, 0) is 25.8 Å². The van der Waals surface area contributed by atoms with Crippen molar-refractivity contribution in [1.29, 1.82) is 0 Å². The Kier molecular flexibility index (Phi) is 2.63. The van der Waals surface area contributed by atoms with Gasteiger partial charge in [-0.1, -0.05) is 0 Å². The van der Waals surface area contributed by atoms with Crippen LogP contribution in [-0.4, -0.2) is 46.8 Å². The van der Waals surface area contributed by atoms with E-state index in [9.17, 15) is 4.79 Å². The summed E-state index contributed by atoms with van der Waals surface area (Å²) in [5.41, 5.74) is 1.65. The summed E-state index contributed by atoms with van der Waals surface area (Å²) in [6, 6.07) is 2.04. The third kappa shape index (κ3) is 2.07. The molecule has 5 heteroatoms. The van der Waals surface area contributed by atoms with Crippen molar-refractivity contribution in [2.75, 3.05) is 19.8 Å². The van der Waals surface area contributed by atoms with Crippen LogP contribution in [-0.2, 0) is 4.74 Å². The number of hydrogen-bond donors (Lipinski definition) is 1. The molecule has 1 N–H and O–H groups in total. The Morgan fingerprint density at radius 2 is 2.41 bits per heavy atom. The van der Waals surface area contributed by atoms with Gasteiger partial charge in [0.15, 0.2) is 0 Å². The molecule has 2 aliphatic rings. The van der Waals surface area contributed by atoms with Crippen molar-refractivity contribution in [1.82, 2.24) is 15.1 Å². The van der Waals surface area contributed by atoms with E-state index in [2.05, 4.69) is 10.2 Å². The number of nitrogens with one attached hydrogen (secondary N) is 1. The van der Waals surface area contributed by atoms with Crippen molar-refractivity contribution in [3.05, 3.63) is 17.5 Å². The molecule has 5 nitrogen and oxygen atoms in total. The van der Waals surface area contributed by atoms with Gasteiger partial charge in [-0.25, -0.2) is 0 Å². The van der Waals surface area contributed by atoms with Gasteiger partial charge in [0, 0.05) is 18.2 Å². The summed E-state index contributed by atoms with van der Waals surface area (Å²) in [5, 5.41) is 7.10. The predicted molar refractivity (Wildman–Crippen MR) is 61.9 cm³/mol. The van der Waals surface area contributed by atoms with Crippen LogP contribution in [0.4, 0.5) is 0 Å². The Hall–Kier alpha value is -1.36. The molecule has 3 rings (SSSR count). The van der Waals surface area contributed by atoms with Crippen molar-refractivity contribution in [2.45, 2.75) is 31.7 Å². The summed E-state index contributed by atoms with van der Waals surface area (Å²) in [6.07, 6.45) is 2.42. The number of carbonyl (C=O) groups excluding carboxylic acids is 1. The zero-order valence-corrected chi connectivity index (χ0v) is 9.98. The molecule has 17 heavy (non-hydrogen) atoms. The molecule has 1 saturated carbocycles. The second-order valence-electron chi connectivity index (χ2n) is 4.91. The summed E-state index contributed by atoms with van der Waals surface area (Å²) >= 11 is 0. The highest BCUT2D eigenvalue weighted by Gasteiger charge is 2.29. The first-order valence-electron chi connectivity index (χ1n) is 6.19. The molecule has 1 aromatic rings. The van der Waals surface area contributed by atoms with Crippen molar-refractivity contribution in [2.24, 2.45) is 0 Å². The first-order valence-corrected chi connectivity index (χ1v) is 6.19. The molecule has 1 aromatic heterocycles. The lowest BCUT2D eigenvalue weighted by atomic mass is 10.2. The monoisotopic (exact) mass is 235 g/mol. The number of hydrogen-bond acceptors (Lipinski definition) is 3. The molecular formula is C12H17N3O2. The molecule has 1 aliphatic carbocycles. The molecule has 1 atom stereocenters. The molecule has 92 valence electrons.